The lowest BCUT2D eigenvalue weighted by atomic mass is 10.1. The second kappa shape index (κ2) is 10.9. The van der Waals surface area contributed by atoms with Gasteiger partial charge in [0.1, 0.15) is 18.7 Å². The topological polar surface area (TPSA) is 70.4 Å². The Labute approximate surface area is 191 Å². The van der Waals surface area contributed by atoms with Crippen molar-refractivity contribution in [3.05, 3.63) is 47.5 Å². The van der Waals surface area contributed by atoms with Crippen LogP contribution in [0.5, 0.6) is 0 Å². The molecule has 3 rings (SSSR count). The average Bonchev–Trinajstić information content (AvgIpc) is 3.28. The van der Waals surface area contributed by atoms with E-state index >= 15 is 0 Å². The van der Waals surface area contributed by atoms with E-state index in [4.69, 9.17) is 0 Å². The lowest BCUT2D eigenvalue weighted by molar-refractivity contribution is -0.137. The zero-order chi connectivity index (χ0) is 20.9. The standard InChI is InChI=1S/C19H26F3N7.HI/c1-3-23-18(24-10-17-25-13-26-28(17)2)27-16-8-9-29(12-16)11-14-4-6-15(7-5-14)19(20,21)22;/h4-7,13,16H,3,8-12H2,1-2H3,(H2,23,24,27);1H. The van der Waals surface area contributed by atoms with Crippen LogP contribution < -0.4 is 10.6 Å². The van der Waals surface area contributed by atoms with Crippen molar-refractivity contribution in [2.24, 2.45) is 12.0 Å². The number of alkyl halides is 3. The highest BCUT2D eigenvalue weighted by Gasteiger charge is 2.30. The Bertz CT molecular complexity index is 820. The number of halogens is 4. The summed E-state index contributed by atoms with van der Waals surface area (Å²) in [5, 5.41) is 10.7. The van der Waals surface area contributed by atoms with Crippen molar-refractivity contribution >= 4 is 29.9 Å². The third kappa shape index (κ3) is 6.83. The van der Waals surface area contributed by atoms with Crippen LogP contribution >= 0.6 is 24.0 Å². The minimum atomic E-state index is -4.30. The second-order valence-corrected chi connectivity index (χ2v) is 7.05. The predicted molar refractivity (Wildman–Crippen MR) is 119 cm³/mol. The maximum absolute atomic E-state index is 12.7. The number of aromatic nitrogens is 3. The highest BCUT2D eigenvalue weighted by atomic mass is 127. The molecule has 1 aromatic heterocycles. The van der Waals surface area contributed by atoms with Crippen molar-refractivity contribution in [2.45, 2.75) is 38.7 Å². The van der Waals surface area contributed by atoms with Gasteiger partial charge in [-0.2, -0.15) is 18.3 Å². The first-order valence-electron chi connectivity index (χ1n) is 9.61. The molecule has 2 heterocycles. The zero-order valence-electron chi connectivity index (χ0n) is 17.0. The van der Waals surface area contributed by atoms with Gasteiger partial charge in [0.15, 0.2) is 5.96 Å². The number of nitrogens with zero attached hydrogens (tertiary/aromatic N) is 5. The Morgan fingerprint density at radius 2 is 2.00 bits per heavy atom. The number of aliphatic imine (C=N–C) groups is 1. The van der Waals surface area contributed by atoms with E-state index in [0.717, 1.165) is 55.5 Å². The molecule has 0 spiro atoms. The van der Waals surface area contributed by atoms with Gasteiger partial charge < -0.3 is 10.6 Å². The fraction of sp³-hybridized carbons (Fsp3) is 0.526. The number of nitrogens with one attached hydrogen (secondary N) is 2. The fourth-order valence-corrected chi connectivity index (χ4v) is 3.28. The van der Waals surface area contributed by atoms with Gasteiger partial charge in [-0.25, -0.2) is 9.98 Å². The Kier molecular flexibility index (Phi) is 8.89. The van der Waals surface area contributed by atoms with E-state index < -0.39 is 11.7 Å². The van der Waals surface area contributed by atoms with Crippen LogP contribution in [0.4, 0.5) is 13.2 Å². The molecule has 0 saturated carbocycles. The summed E-state index contributed by atoms with van der Waals surface area (Å²) in [4.78, 5) is 11.0. The van der Waals surface area contributed by atoms with Crippen LogP contribution in [0.3, 0.4) is 0 Å². The smallest absolute Gasteiger partial charge is 0.357 e. The lowest BCUT2D eigenvalue weighted by Gasteiger charge is -2.19. The highest BCUT2D eigenvalue weighted by molar-refractivity contribution is 14.0. The van der Waals surface area contributed by atoms with Crippen LogP contribution in [0.15, 0.2) is 35.6 Å². The van der Waals surface area contributed by atoms with Crippen LogP contribution in [0.1, 0.15) is 30.3 Å². The molecule has 1 fully saturated rings. The van der Waals surface area contributed by atoms with Crippen molar-refractivity contribution in [1.29, 1.82) is 0 Å². The van der Waals surface area contributed by atoms with Gasteiger partial charge >= 0.3 is 6.18 Å². The molecule has 0 amide bonds. The Balaban J connectivity index is 0.00000320. The summed E-state index contributed by atoms with van der Waals surface area (Å²) < 4.78 is 39.8. The molecule has 1 unspecified atom stereocenters. The molecule has 1 saturated heterocycles. The number of guanidine groups is 1. The van der Waals surface area contributed by atoms with Gasteiger partial charge in [-0.3, -0.25) is 9.58 Å². The van der Waals surface area contributed by atoms with E-state index in [0.29, 0.717) is 13.1 Å². The number of benzene rings is 1. The lowest BCUT2D eigenvalue weighted by Crippen LogP contribution is -2.44. The maximum atomic E-state index is 12.7. The highest BCUT2D eigenvalue weighted by Crippen LogP contribution is 2.29. The number of hydrogen-bond acceptors (Lipinski definition) is 4. The minimum absolute atomic E-state index is 0. The third-order valence-electron chi connectivity index (χ3n) is 4.83. The van der Waals surface area contributed by atoms with Gasteiger partial charge in [0.05, 0.1) is 5.56 Å². The molecule has 0 radical (unpaired) electrons. The first kappa shape index (κ1) is 24.4. The van der Waals surface area contributed by atoms with Gasteiger partial charge in [-0.1, -0.05) is 12.1 Å². The maximum Gasteiger partial charge on any atom is 0.416 e. The average molecular weight is 537 g/mol. The molecular weight excluding hydrogens is 510 g/mol. The fourth-order valence-electron chi connectivity index (χ4n) is 3.28. The molecular formula is C19H27F3IN7. The third-order valence-corrected chi connectivity index (χ3v) is 4.83. The number of aryl methyl sites for hydroxylation is 1. The van der Waals surface area contributed by atoms with Crippen LogP contribution in [-0.4, -0.2) is 51.3 Å². The molecule has 0 aliphatic carbocycles. The van der Waals surface area contributed by atoms with Gasteiger partial charge in [-0.05, 0) is 31.0 Å². The Hall–Kier alpha value is -1.89. The van der Waals surface area contributed by atoms with E-state index in [1.807, 2.05) is 14.0 Å². The predicted octanol–water partition coefficient (Wildman–Crippen LogP) is 2.78. The summed E-state index contributed by atoms with van der Waals surface area (Å²) in [6.45, 7) is 5.48. The van der Waals surface area contributed by atoms with E-state index in [9.17, 15) is 13.2 Å². The molecule has 0 bridgehead atoms. The summed E-state index contributed by atoms with van der Waals surface area (Å²) in [7, 11) is 1.83. The van der Waals surface area contributed by atoms with E-state index in [2.05, 4.69) is 30.6 Å². The van der Waals surface area contributed by atoms with Crippen LogP contribution in [0, 0.1) is 0 Å². The first-order chi connectivity index (χ1) is 13.8. The molecule has 1 aromatic carbocycles. The largest absolute Gasteiger partial charge is 0.416 e. The van der Waals surface area contributed by atoms with Gasteiger partial charge in [0.2, 0.25) is 0 Å². The number of rotatable bonds is 6. The van der Waals surface area contributed by atoms with Crippen molar-refractivity contribution in [3.63, 3.8) is 0 Å². The molecule has 2 aromatic rings. The normalized spacial score (nSPS) is 17.6. The zero-order valence-corrected chi connectivity index (χ0v) is 19.3. The van der Waals surface area contributed by atoms with Gasteiger partial charge in [0.25, 0.3) is 0 Å². The Morgan fingerprint density at radius 3 is 2.60 bits per heavy atom. The van der Waals surface area contributed by atoms with Crippen molar-refractivity contribution in [1.82, 2.24) is 30.3 Å². The molecule has 1 atom stereocenters. The van der Waals surface area contributed by atoms with Gasteiger partial charge in [0, 0.05) is 39.3 Å². The molecule has 30 heavy (non-hydrogen) atoms. The van der Waals surface area contributed by atoms with Crippen LogP contribution in [-0.2, 0) is 26.3 Å². The first-order valence-corrected chi connectivity index (χ1v) is 9.61. The van der Waals surface area contributed by atoms with E-state index in [1.165, 1.54) is 6.33 Å². The second-order valence-electron chi connectivity index (χ2n) is 7.05. The molecule has 7 nitrogen and oxygen atoms in total. The quantitative estimate of drug-likeness (QED) is 0.337. The van der Waals surface area contributed by atoms with Crippen LogP contribution in [0.25, 0.3) is 0 Å². The van der Waals surface area contributed by atoms with Crippen molar-refractivity contribution < 1.29 is 13.2 Å². The summed E-state index contributed by atoms with van der Waals surface area (Å²) in [6.07, 6.45) is -1.86. The van der Waals surface area contributed by atoms with Gasteiger partial charge in [-0.15, -0.1) is 24.0 Å². The molecule has 1 aliphatic heterocycles. The summed E-state index contributed by atoms with van der Waals surface area (Å²) in [6, 6.07) is 5.61. The molecule has 2 N–H and O–H groups in total. The Morgan fingerprint density at radius 1 is 1.27 bits per heavy atom. The monoisotopic (exact) mass is 537 g/mol. The van der Waals surface area contributed by atoms with E-state index in [-0.39, 0.29) is 30.0 Å². The van der Waals surface area contributed by atoms with Crippen molar-refractivity contribution in [2.75, 3.05) is 19.6 Å². The SMILES string of the molecule is CCNC(=NCc1ncnn1C)NC1CCN(Cc2ccc(C(F)(F)F)cc2)C1.I. The molecule has 11 heteroatoms. The number of hydrogen-bond donors (Lipinski definition) is 2. The van der Waals surface area contributed by atoms with Crippen molar-refractivity contribution in [3.8, 4) is 0 Å². The minimum Gasteiger partial charge on any atom is -0.357 e. The molecule has 1 aliphatic rings. The number of likely N-dealkylation sites (tertiary alicyclic amines) is 1. The van der Waals surface area contributed by atoms with Crippen LogP contribution in [0.2, 0.25) is 0 Å². The summed E-state index contributed by atoms with van der Waals surface area (Å²) >= 11 is 0. The summed E-state index contributed by atoms with van der Waals surface area (Å²) in [5.41, 5.74) is 0.262. The van der Waals surface area contributed by atoms with E-state index in [1.54, 1.807) is 16.8 Å². The molecule has 166 valence electrons. The summed E-state index contributed by atoms with van der Waals surface area (Å²) in [5.74, 6) is 1.49.